The molecule has 0 aliphatic heterocycles. The van der Waals surface area contributed by atoms with Crippen molar-refractivity contribution in [1.29, 1.82) is 0 Å². The van der Waals surface area contributed by atoms with E-state index < -0.39 is 0 Å². The summed E-state index contributed by atoms with van der Waals surface area (Å²) in [5.41, 5.74) is 3.39. The van der Waals surface area contributed by atoms with Gasteiger partial charge in [-0.25, -0.2) is 4.63 Å². The first kappa shape index (κ1) is 13.3. The maximum Gasteiger partial charge on any atom is 0.227 e. The van der Waals surface area contributed by atoms with Gasteiger partial charge in [-0.3, -0.25) is 4.79 Å². The van der Waals surface area contributed by atoms with Crippen LogP contribution in [-0.2, 0) is 17.8 Å². The molecule has 0 fully saturated rings. The molecule has 0 radical (unpaired) electrons. The Labute approximate surface area is 122 Å². The van der Waals surface area contributed by atoms with Gasteiger partial charge in [-0.15, -0.1) is 0 Å². The first-order chi connectivity index (χ1) is 10.2. The highest BCUT2D eigenvalue weighted by molar-refractivity contribution is 5.81. The second kappa shape index (κ2) is 5.75. The van der Waals surface area contributed by atoms with Crippen LogP contribution in [-0.4, -0.2) is 28.2 Å². The maximum atomic E-state index is 12.3. The van der Waals surface area contributed by atoms with Crippen molar-refractivity contribution in [3.8, 4) is 0 Å². The van der Waals surface area contributed by atoms with Gasteiger partial charge in [0.25, 0.3) is 0 Å². The van der Waals surface area contributed by atoms with Crippen LogP contribution in [0.5, 0.6) is 0 Å². The lowest BCUT2D eigenvalue weighted by molar-refractivity contribution is -0.129. The highest BCUT2D eigenvalue weighted by atomic mass is 16.6. The Bertz CT molecular complexity index is 752. The molecular weight excluding hydrogens is 266 g/mol. The van der Waals surface area contributed by atoms with Gasteiger partial charge < -0.3 is 4.90 Å². The summed E-state index contributed by atoms with van der Waals surface area (Å²) in [5, 5.41) is 7.54. The summed E-state index contributed by atoms with van der Waals surface area (Å²) in [6.07, 6.45) is 0.339. The Hall–Kier alpha value is -2.69. The van der Waals surface area contributed by atoms with Crippen molar-refractivity contribution >= 4 is 16.9 Å². The zero-order valence-electron chi connectivity index (χ0n) is 11.7. The Kier molecular flexibility index (Phi) is 3.64. The van der Waals surface area contributed by atoms with Gasteiger partial charge >= 0.3 is 0 Å². The largest absolute Gasteiger partial charge is 0.341 e. The fraction of sp³-hybridized carbons (Fsp3) is 0.188. The number of carbonyl (C=O) groups is 1. The van der Waals surface area contributed by atoms with Crippen molar-refractivity contribution in [2.45, 2.75) is 13.0 Å². The Morgan fingerprint density at radius 1 is 1.05 bits per heavy atom. The van der Waals surface area contributed by atoms with Crippen molar-refractivity contribution in [2.75, 3.05) is 7.05 Å². The summed E-state index contributed by atoms with van der Waals surface area (Å²) < 4.78 is 4.66. The monoisotopic (exact) mass is 281 g/mol. The number of hydrogen-bond acceptors (Lipinski definition) is 4. The van der Waals surface area contributed by atoms with E-state index in [0.29, 0.717) is 24.0 Å². The summed E-state index contributed by atoms with van der Waals surface area (Å²) in [4.78, 5) is 14.0. The van der Waals surface area contributed by atoms with Crippen LogP contribution in [0.3, 0.4) is 0 Å². The van der Waals surface area contributed by atoms with Gasteiger partial charge in [0.05, 0.1) is 6.42 Å². The molecule has 106 valence electrons. The molecule has 3 rings (SSSR count). The molecule has 0 atom stereocenters. The SMILES string of the molecule is CN(Cc1ccccc1)C(=O)Cc1ccc2nonc2c1. The van der Waals surface area contributed by atoms with E-state index in [9.17, 15) is 4.79 Å². The van der Waals surface area contributed by atoms with Crippen LogP contribution >= 0.6 is 0 Å². The zero-order chi connectivity index (χ0) is 14.7. The molecule has 0 aliphatic rings. The first-order valence-electron chi connectivity index (χ1n) is 6.71. The van der Waals surface area contributed by atoms with Gasteiger partial charge in [0.2, 0.25) is 5.91 Å². The van der Waals surface area contributed by atoms with Crippen LogP contribution in [0.4, 0.5) is 0 Å². The predicted octanol–water partition coefficient (Wildman–Crippen LogP) is 2.42. The van der Waals surface area contributed by atoms with Crippen LogP contribution in [0, 0.1) is 0 Å². The molecule has 21 heavy (non-hydrogen) atoms. The quantitative estimate of drug-likeness (QED) is 0.737. The van der Waals surface area contributed by atoms with E-state index in [0.717, 1.165) is 11.1 Å². The van der Waals surface area contributed by atoms with E-state index in [-0.39, 0.29) is 5.91 Å². The van der Waals surface area contributed by atoms with Crippen molar-refractivity contribution in [2.24, 2.45) is 0 Å². The lowest BCUT2D eigenvalue weighted by atomic mass is 10.1. The number of hydrogen-bond donors (Lipinski definition) is 0. The van der Waals surface area contributed by atoms with E-state index in [1.54, 1.807) is 4.90 Å². The summed E-state index contributed by atoms with van der Waals surface area (Å²) >= 11 is 0. The van der Waals surface area contributed by atoms with Crippen LogP contribution in [0.25, 0.3) is 11.0 Å². The summed E-state index contributed by atoms with van der Waals surface area (Å²) in [5.74, 6) is 0.0645. The number of carbonyl (C=O) groups excluding carboxylic acids is 1. The fourth-order valence-corrected chi connectivity index (χ4v) is 2.19. The fourth-order valence-electron chi connectivity index (χ4n) is 2.19. The molecule has 0 unspecified atom stereocenters. The second-order valence-electron chi connectivity index (χ2n) is 5.00. The van der Waals surface area contributed by atoms with Gasteiger partial charge in [0.15, 0.2) is 0 Å². The molecular formula is C16H15N3O2. The molecule has 0 spiro atoms. The minimum Gasteiger partial charge on any atom is -0.341 e. The van der Waals surface area contributed by atoms with Crippen LogP contribution < -0.4 is 0 Å². The Balaban J connectivity index is 1.67. The van der Waals surface area contributed by atoms with Gasteiger partial charge in [0, 0.05) is 13.6 Å². The molecule has 1 aromatic heterocycles. The second-order valence-corrected chi connectivity index (χ2v) is 5.00. The normalized spacial score (nSPS) is 10.7. The molecule has 5 heteroatoms. The van der Waals surface area contributed by atoms with E-state index in [4.69, 9.17) is 0 Å². The number of nitrogens with zero attached hydrogens (tertiary/aromatic N) is 3. The van der Waals surface area contributed by atoms with E-state index in [2.05, 4.69) is 14.9 Å². The molecule has 0 saturated heterocycles. The van der Waals surface area contributed by atoms with Gasteiger partial charge in [-0.1, -0.05) is 36.4 Å². The average Bonchev–Trinajstić information content (AvgIpc) is 2.95. The molecule has 2 aromatic carbocycles. The molecule has 1 amide bonds. The summed E-state index contributed by atoms with van der Waals surface area (Å²) in [6.45, 7) is 0.605. The third-order valence-electron chi connectivity index (χ3n) is 3.36. The number of likely N-dealkylation sites (N-methyl/N-ethyl adjacent to an activating group) is 1. The minimum atomic E-state index is 0.0645. The van der Waals surface area contributed by atoms with E-state index >= 15 is 0 Å². The van der Waals surface area contributed by atoms with Gasteiger partial charge in [-0.2, -0.15) is 0 Å². The molecule has 0 N–H and O–H groups in total. The highest BCUT2D eigenvalue weighted by Gasteiger charge is 2.11. The smallest absolute Gasteiger partial charge is 0.227 e. The first-order valence-corrected chi connectivity index (χ1v) is 6.71. The van der Waals surface area contributed by atoms with Gasteiger partial charge in [-0.05, 0) is 33.6 Å². The van der Waals surface area contributed by atoms with E-state index in [1.807, 2.05) is 55.6 Å². The van der Waals surface area contributed by atoms with Crippen molar-refractivity contribution in [1.82, 2.24) is 15.2 Å². The molecule has 0 bridgehead atoms. The van der Waals surface area contributed by atoms with E-state index in [1.165, 1.54) is 0 Å². The van der Waals surface area contributed by atoms with Crippen LogP contribution in [0.2, 0.25) is 0 Å². The van der Waals surface area contributed by atoms with Crippen molar-refractivity contribution < 1.29 is 9.42 Å². The molecule has 0 saturated carbocycles. The molecule has 5 nitrogen and oxygen atoms in total. The topological polar surface area (TPSA) is 59.2 Å². The number of benzene rings is 2. The number of aromatic nitrogens is 2. The average molecular weight is 281 g/mol. The third kappa shape index (κ3) is 3.08. The number of amides is 1. The summed E-state index contributed by atoms with van der Waals surface area (Å²) in [7, 11) is 1.81. The van der Waals surface area contributed by atoms with Crippen molar-refractivity contribution in [3.05, 3.63) is 59.7 Å². The zero-order valence-corrected chi connectivity index (χ0v) is 11.7. The number of fused-ring (bicyclic) bond motifs is 1. The molecule has 0 aliphatic carbocycles. The number of rotatable bonds is 4. The van der Waals surface area contributed by atoms with Crippen molar-refractivity contribution in [3.63, 3.8) is 0 Å². The lowest BCUT2D eigenvalue weighted by Crippen LogP contribution is -2.27. The third-order valence-corrected chi connectivity index (χ3v) is 3.36. The molecule has 1 heterocycles. The Morgan fingerprint density at radius 2 is 1.81 bits per heavy atom. The van der Waals surface area contributed by atoms with Crippen LogP contribution in [0.1, 0.15) is 11.1 Å². The molecule has 3 aromatic rings. The lowest BCUT2D eigenvalue weighted by Gasteiger charge is -2.17. The minimum absolute atomic E-state index is 0.0645. The highest BCUT2D eigenvalue weighted by Crippen LogP contribution is 2.13. The van der Waals surface area contributed by atoms with Gasteiger partial charge in [0.1, 0.15) is 11.0 Å². The summed E-state index contributed by atoms with van der Waals surface area (Å²) in [6, 6.07) is 15.4. The maximum absolute atomic E-state index is 12.3. The predicted molar refractivity (Wildman–Crippen MR) is 78.4 cm³/mol. The Morgan fingerprint density at radius 3 is 2.62 bits per heavy atom. The standard InChI is InChI=1S/C16H15N3O2/c1-19(11-12-5-3-2-4-6-12)16(20)10-13-7-8-14-15(9-13)18-21-17-14/h2-9H,10-11H2,1H3. The van der Waals surface area contributed by atoms with Crippen LogP contribution in [0.15, 0.2) is 53.2 Å².